The van der Waals surface area contributed by atoms with E-state index >= 15 is 0 Å². The van der Waals surface area contributed by atoms with Crippen molar-refractivity contribution in [1.29, 1.82) is 0 Å². The van der Waals surface area contributed by atoms with Crippen LogP contribution >= 0.6 is 0 Å². The van der Waals surface area contributed by atoms with E-state index in [0.29, 0.717) is 37.1 Å². The molecule has 0 bridgehead atoms. The number of likely N-dealkylation sites (tertiary alicyclic amines) is 2. The molecule has 0 radical (unpaired) electrons. The van der Waals surface area contributed by atoms with E-state index in [1.165, 1.54) is 0 Å². The van der Waals surface area contributed by atoms with Gasteiger partial charge in [0.1, 0.15) is 40.3 Å². The molecule has 2 amide bonds. The van der Waals surface area contributed by atoms with Crippen LogP contribution in [0.15, 0.2) is 24.3 Å². The van der Waals surface area contributed by atoms with E-state index in [1.807, 2.05) is 0 Å². The first kappa shape index (κ1) is 23.1. The molecule has 0 aliphatic carbocycles. The fourth-order valence-corrected chi connectivity index (χ4v) is 4.73. The number of nitrogens with zero attached hydrogens (tertiary/aromatic N) is 2. The molecule has 2 fully saturated rings. The number of carbonyl (C=O) groups is 2. The summed E-state index contributed by atoms with van der Waals surface area (Å²) in [4.78, 5) is 29.0. The Labute approximate surface area is 185 Å². The number of carbonyl (C=O) groups excluding carboxylic acids is 2. The SMILES string of the molecule is O=C1N(Cc2c(F)cc(F)cc2F)CCCC12CCCN(Cc1c(F)cc(F)cc1F)C2=O. The minimum Gasteiger partial charge on any atom is -0.337 e. The molecule has 2 heterocycles. The van der Waals surface area contributed by atoms with Crippen LogP contribution in [0.2, 0.25) is 0 Å². The monoisotopic (exact) mass is 470 g/mol. The molecule has 10 heteroatoms. The van der Waals surface area contributed by atoms with Crippen molar-refractivity contribution in [3.8, 4) is 0 Å². The van der Waals surface area contributed by atoms with Gasteiger partial charge in [0.05, 0.1) is 13.1 Å². The van der Waals surface area contributed by atoms with Crippen LogP contribution in [0.4, 0.5) is 26.3 Å². The van der Waals surface area contributed by atoms with Gasteiger partial charge in [-0.3, -0.25) is 9.59 Å². The van der Waals surface area contributed by atoms with Crippen LogP contribution in [-0.2, 0) is 22.7 Å². The van der Waals surface area contributed by atoms with Crippen LogP contribution in [0.3, 0.4) is 0 Å². The van der Waals surface area contributed by atoms with Gasteiger partial charge in [0.2, 0.25) is 11.8 Å². The second-order valence-corrected chi connectivity index (χ2v) is 8.44. The van der Waals surface area contributed by atoms with Gasteiger partial charge in [0.15, 0.2) is 0 Å². The fraction of sp³-hybridized carbons (Fsp3) is 0.391. The summed E-state index contributed by atoms with van der Waals surface area (Å²) in [5, 5.41) is 0. The Bertz CT molecular complexity index is 989. The van der Waals surface area contributed by atoms with Gasteiger partial charge >= 0.3 is 0 Å². The Morgan fingerprint density at radius 3 is 1.30 bits per heavy atom. The standard InChI is InChI=1S/C23H20F6N2O2/c24-13-7-17(26)15(18(27)8-13)11-30-5-1-3-23(21(30)32)4-2-6-31(22(23)33)12-16-19(28)9-14(25)10-20(16)29/h7-10H,1-6,11-12H2. The molecule has 2 aromatic rings. The number of benzene rings is 2. The third-order valence-electron chi connectivity index (χ3n) is 6.37. The van der Waals surface area contributed by atoms with Crippen LogP contribution in [0, 0.1) is 40.3 Å². The van der Waals surface area contributed by atoms with E-state index < -0.39 is 76.3 Å². The summed E-state index contributed by atoms with van der Waals surface area (Å²) in [7, 11) is 0. The summed E-state index contributed by atoms with van der Waals surface area (Å²) < 4.78 is 82.9. The normalized spacial score (nSPS) is 18.4. The number of rotatable bonds is 4. The average molecular weight is 470 g/mol. The molecule has 2 aliphatic rings. The lowest BCUT2D eigenvalue weighted by Gasteiger charge is -2.46. The molecule has 4 rings (SSSR count). The van der Waals surface area contributed by atoms with E-state index in [-0.39, 0.29) is 25.9 Å². The maximum atomic E-state index is 14.1. The predicted octanol–water partition coefficient (Wildman–Crippen LogP) is 4.45. The molecule has 176 valence electrons. The zero-order valence-electron chi connectivity index (χ0n) is 17.4. The molecular weight excluding hydrogens is 450 g/mol. The molecule has 2 aliphatic heterocycles. The Kier molecular flexibility index (Phi) is 6.11. The Balaban J connectivity index is 1.58. The average Bonchev–Trinajstić information content (AvgIpc) is 2.73. The first-order chi connectivity index (χ1) is 15.6. The third-order valence-corrected chi connectivity index (χ3v) is 6.37. The van der Waals surface area contributed by atoms with Crippen LogP contribution in [0.1, 0.15) is 36.8 Å². The first-order valence-electron chi connectivity index (χ1n) is 10.5. The first-order valence-corrected chi connectivity index (χ1v) is 10.5. The summed E-state index contributed by atoms with van der Waals surface area (Å²) in [6.45, 7) is -0.670. The maximum absolute atomic E-state index is 14.1. The highest BCUT2D eigenvalue weighted by molar-refractivity contribution is 6.05. The molecule has 4 nitrogen and oxygen atoms in total. The predicted molar refractivity (Wildman–Crippen MR) is 104 cm³/mol. The molecule has 33 heavy (non-hydrogen) atoms. The van der Waals surface area contributed by atoms with Gasteiger partial charge in [-0.25, -0.2) is 26.3 Å². The molecule has 0 saturated carbocycles. The van der Waals surface area contributed by atoms with Crippen LogP contribution in [0.5, 0.6) is 0 Å². The minimum atomic E-state index is -1.52. The lowest BCUT2D eigenvalue weighted by atomic mass is 9.72. The molecule has 2 aromatic carbocycles. The number of hydrogen-bond acceptors (Lipinski definition) is 2. The summed E-state index contributed by atoms with van der Waals surface area (Å²) in [5.41, 5.74) is -2.49. The molecular formula is C23H20F6N2O2. The second-order valence-electron chi connectivity index (χ2n) is 8.44. The van der Waals surface area contributed by atoms with Gasteiger partial charge in [0, 0.05) is 48.5 Å². The van der Waals surface area contributed by atoms with E-state index in [1.54, 1.807) is 0 Å². The van der Waals surface area contributed by atoms with Gasteiger partial charge in [-0.05, 0) is 25.7 Å². The number of halogens is 6. The van der Waals surface area contributed by atoms with Crippen molar-refractivity contribution in [3.63, 3.8) is 0 Å². The Hall–Kier alpha value is -3.04. The van der Waals surface area contributed by atoms with E-state index in [2.05, 4.69) is 0 Å². The lowest BCUT2D eigenvalue weighted by molar-refractivity contribution is -0.165. The van der Waals surface area contributed by atoms with Gasteiger partial charge < -0.3 is 9.80 Å². The molecule has 0 aromatic heterocycles. The van der Waals surface area contributed by atoms with Crippen molar-refractivity contribution < 1.29 is 35.9 Å². The van der Waals surface area contributed by atoms with Crippen molar-refractivity contribution in [1.82, 2.24) is 9.80 Å². The largest absolute Gasteiger partial charge is 0.337 e. The highest BCUT2D eigenvalue weighted by Gasteiger charge is 2.53. The van der Waals surface area contributed by atoms with Gasteiger partial charge in [0.25, 0.3) is 0 Å². The zero-order valence-corrected chi connectivity index (χ0v) is 17.4. The lowest BCUT2D eigenvalue weighted by Crippen LogP contribution is -2.59. The minimum absolute atomic E-state index is 0.144. The molecule has 0 atom stereocenters. The highest BCUT2D eigenvalue weighted by atomic mass is 19.2. The summed E-state index contributed by atoms with van der Waals surface area (Å²) >= 11 is 0. The number of amides is 2. The number of piperidine rings is 2. The van der Waals surface area contributed by atoms with Crippen molar-refractivity contribution in [3.05, 3.63) is 70.3 Å². The smallest absolute Gasteiger partial charge is 0.238 e. The van der Waals surface area contributed by atoms with Crippen molar-refractivity contribution >= 4 is 11.8 Å². The van der Waals surface area contributed by atoms with Crippen molar-refractivity contribution in [2.45, 2.75) is 38.8 Å². The summed E-state index contributed by atoms with van der Waals surface area (Å²) in [5.74, 6) is -8.00. The third kappa shape index (κ3) is 4.18. The van der Waals surface area contributed by atoms with Gasteiger partial charge in [-0.2, -0.15) is 0 Å². The van der Waals surface area contributed by atoms with Crippen molar-refractivity contribution in [2.75, 3.05) is 13.1 Å². The molecule has 1 spiro atoms. The zero-order chi connectivity index (χ0) is 23.9. The van der Waals surface area contributed by atoms with Gasteiger partial charge in [-0.15, -0.1) is 0 Å². The molecule has 2 saturated heterocycles. The quantitative estimate of drug-likeness (QED) is 0.490. The maximum Gasteiger partial charge on any atom is 0.238 e. The Morgan fingerprint density at radius 1 is 0.636 bits per heavy atom. The van der Waals surface area contributed by atoms with E-state index in [9.17, 15) is 35.9 Å². The molecule has 0 N–H and O–H groups in total. The van der Waals surface area contributed by atoms with Crippen LogP contribution < -0.4 is 0 Å². The van der Waals surface area contributed by atoms with E-state index in [4.69, 9.17) is 0 Å². The molecule has 0 unspecified atom stereocenters. The van der Waals surface area contributed by atoms with Crippen LogP contribution in [0.25, 0.3) is 0 Å². The van der Waals surface area contributed by atoms with E-state index in [0.717, 1.165) is 9.80 Å². The Morgan fingerprint density at radius 2 is 0.970 bits per heavy atom. The van der Waals surface area contributed by atoms with Crippen molar-refractivity contribution in [2.24, 2.45) is 5.41 Å². The summed E-state index contributed by atoms with van der Waals surface area (Å²) in [6, 6.07) is 2.06. The van der Waals surface area contributed by atoms with Gasteiger partial charge in [-0.1, -0.05) is 0 Å². The fourth-order valence-electron chi connectivity index (χ4n) is 4.73. The second kappa shape index (κ2) is 8.72. The summed E-state index contributed by atoms with van der Waals surface area (Å²) in [6.07, 6.45) is 1.10. The topological polar surface area (TPSA) is 40.6 Å². The highest BCUT2D eigenvalue weighted by Crippen LogP contribution is 2.42. The number of hydrogen-bond donors (Lipinski definition) is 0. The van der Waals surface area contributed by atoms with Crippen LogP contribution in [-0.4, -0.2) is 34.7 Å².